The molecule has 1 N–H and O–H groups in total. The van der Waals surface area contributed by atoms with E-state index in [2.05, 4.69) is 26.0 Å². The minimum Gasteiger partial charge on any atom is -0.489 e. The molecule has 0 aromatic heterocycles. The molecule has 0 saturated carbocycles. The minimum absolute atomic E-state index is 0.297. The van der Waals surface area contributed by atoms with E-state index in [-0.39, 0.29) is 5.60 Å². The van der Waals surface area contributed by atoms with Gasteiger partial charge in [0.1, 0.15) is 29.0 Å². The Morgan fingerprint density at radius 1 is 1.20 bits per heavy atom. The molecule has 170 valence electrons. The molecule has 0 spiro atoms. The summed E-state index contributed by atoms with van der Waals surface area (Å²) in [5, 5.41) is 0. The molecule has 6 heteroatoms. The number of aryl methyl sites for hydroxylation is 1. The standard InChI is InChI=1S/C24H38O5S/c1-4-6-7-8-9-10-11-16-24(3)17-15-20-18-21(13-14-23(20)29-24)28-22(12-5-2)19-30(25,26)27/h11,13-14,16,18,22H,4-10,12,15,17,19H2,1-3H3,(H,25,26,27). The first-order valence-corrected chi connectivity index (χ1v) is 13.0. The van der Waals surface area contributed by atoms with Gasteiger partial charge in [-0.1, -0.05) is 52.0 Å². The van der Waals surface area contributed by atoms with Crippen molar-refractivity contribution in [1.82, 2.24) is 0 Å². The van der Waals surface area contributed by atoms with Crippen LogP contribution in [0.1, 0.15) is 84.1 Å². The van der Waals surface area contributed by atoms with Crippen LogP contribution in [0.3, 0.4) is 0 Å². The molecule has 1 heterocycles. The lowest BCUT2D eigenvalue weighted by molar-refractivity contribution is 0.113. The first-order valence-electron chi connectivity index (χ1n) is 11.4. The number of allylic oxidation sites excluding steroid dienone is 1. The quantitative estimate of drug-likeness (QED) is 0.228. The zero-order valence-corrected chi connectivity index (χ0v) is 19.5. The molecular formula is C24H38O5S. The molecule has 2 unspecified atom stereocenters. The maximum atomic E-state index is 11.2. The zero-order chi connectivity index (χ0) is 22.0. The van der Waals surface area contributed by atoms with E-state index in [1.807, 2.05) is 25.1 Å². The van der Waals surface area contributed by atoms with Gasteiger partial charge in [0.2, 0.25) is 0 Å². The highest BCUT2D eigenvalue weighted by Gasteiger charge is 2.29. The third kappa shape index (κ3) is 8.68. The Morgan fingerprint density at radius 2 is 1.97 bits per heavy atom. The lowest BCUT2D eigenvalue weighted by atomic mass is 9.91. The molecule has 1 aromatic rings. The highest BCUT2D eigenvalue weighted by atomic mass is 32.2. The summed E-state index contributed by atoms with van der Waals surface area (Å²) < 4.78 is 43.8. The molecular weight excluding hydrogens is 400 g/mol. The molecule has 0 saturated heterocycles. The van der Waals surface area contributed by atoms with E-state index in [1.54, 1.807) is 0 Å². The van der Waals surface area contributed by atoms with Gasteiger partial charge in [-0.25, -0.2) is 0 Å². The third-order valence-corrected chi connectivity index (χ3v) is 6.31. The molecule has 5 nitrogen and oxygen atoms in total. The molecule has 1 aliphatic heterocycles. The van der Waals surface area contributed by atoms with Gasteiger partial charge in [-0.15, -0.1) is 0 Å². The average molecular weight is 439 g/mol. The monoisotopic (exact) mass is 438 g/mol. The van der Waals surface area contributed by atoms with Crippen LogP contribution in [0, 0.1) is 0 Å². The van der Waals surface area contributed by atoms with E-state index in [0.29, 0.717) is 12.2 Å². The van der Waals surface area contributed by atoms with Crippen LogP contribution >= 0.6 is 0 Å². The minimum atomic E-state index is -4.07. The Morgan fingerprint density at radius 3 is 2.67 bits per heavy atom. The summed E-state index contributed by atoms with van der Waals surface area (Å²) in [4.78, 5) is 0. The lowest BCUT2D eigenvalue weighted by Crippen LogP contribution is -2.34. The van der Waals surface area contributed by atoms with Gasteiger partial charge in [0.05, 0.1) is 0 Å². The van der Waals surface area contributed by atoms with E-state index in [9.17, 15) is 8.42 Å². The Balaban J connectivity index is 1.94. The zero-order valence-electron chi connectivity index (χ0n) is 18.7. The van der Waals surface area contributed by atoms with Gasteiger partial charge >= 0.3 is 0 Å². The Hall–Kier alpha value is -1.53. The summed E-state index contributed by atoms with van der Waals surface area (Å²) in [6.45, 7) is 6.31. The van der Waals surface area contributed by atoms with Crippen molar-refractivity contribution in [2.24, 2.45) is 0 Å². The molecule has 0 amide bonds. The molecule has 0 bridgehead atoms. The highest BCUT2D eigenvalue weighted by Crippen LogP contribution is 2.36. The summed E-state index contributed by atoms with van der Waals surface area (Å²) in [7, 11) is -4.07. The molecule has 1 aliphatic rings. The predicted octanol–water partition coefficient (Wildman–Crippen LogP) is 6.12. The highest BCUT2D eigenvalue weighted by molar-refractivity contribution is 7.85. The van der Waals surface area contributed by atoms with Crippen molar-refractivity contribution in [2.75, 3.05) is 5.75 Å². The Labute approximate surface area is 182 Å². The van der Waals surface area contributed by atoms with Crippen LogP contribution in [0.5, 0.6) is 11.5 Å². The van der Waals surface area contributed by atoms with Crippen molar-refractivity contribution in [1.29, 1.82) is 0 Å². The number of rotatable bonds is 13. The Bertz CT molecular complexity index is 787. The number of ether oxygens (including phenoxy) is 2. The van der Waals surface area contributed by atoms with Crippen LogP contribution in [0.4, 0.5) is 0 Å². The first-order chi connectivity index (χ1) is 14.2. The molecule has 30 heavy (non-hydrogen) atoms. The van der Waals surface area contributed by atoms with Crippen LogP contribution in [0.15, 0.2) is 30.4 Å². The number of hydrogen-bond donors (Lipinski definition) is 1. The second kappa shape index (κ2) is 11.8. The SMILES string of the molecule is CCCCCCCC=CC1(C)CCc2cc(OC(CCC)CS(=O)(=O)O)ccc2O1. The topological polar surface area (TPSA) is 72.8 Å². The first kappa shape index (κ1) is 24.7. The van der Waals surface area contributed by atoms with Crippen LogP contribution < -0.4 is 9.47 Å². The van der Waals surface area contributed by atoms with E-state index in [1.165, 1.54) is 32.1 Å². The molecule has 1 aromatic carbocycles. The van der Waals surface area contributed by atoms with Crippen LogP contribution in [0.2, 0.25) is 0 Å². The largest absolute Gasteiger partial charge is 0.489 e. The van der Waals surface area contributed by atoms with Crippen molar-refractivity contribution in [2.45, 2.75) is 96.7 Å². The van der Waals surface area contributed by atoms with E-state index >= 15 is 0 Å². The van der Waals surface area contributed by atoms with Gasteiger partial charge in [0, 0.05) is 0 Å². The molecule has 0 aliphatic carbocycles. The van der Waals surface area contributed by atoms with Crippen LogP contribution in [0.25, 0.3) is 0 Å². The average Bonchev–Trinajstić information content (AvgIpc) is 2.66. The summed E-state index contributed by atoms with van der Waals surface area (Å²) in [5.41, 5.74) is 0.772. The maximum absolute atomic E-state index is 11.2. The fourth-order valence-corrected chi connectivity index (χ4v) is 4.56. The van der Waals surface area contributed by atoms with Gasteiger partial charge in [-0.05, 0) is 68.9 Å². The summed E-state index contributed by atoms with van der Waals surface area (Å²) in [5.74, 6) is 1.08. The number of hydrogen-bond acceptors (Lipinski definition) is 4. The summed E-state index contributed by atoms with van der Waals surface area (Å²) >= 11 is 0. The van der Waals surface area contributed by atoms with Gasteiger partial charge in [0.25, 0.3) is 10.1 Å². The molecule has 2 rings (SSSR count). The van der Waals surface area contributed by atoms with Crippen molar-refractivity contribution in [3.63, 3.8) is 0 Å². The fourth-order valence-electron chi connectivity index (χ4n) is 3.85. The van der Waals surface area contributed by atoms with Gasteiger partial charge in [0.15, 0.2) is 0 Å². The molecule has 0 radical (unpaired) electrons. The normalized spacial score (nSPS) is 20.0. The van der Waals surface area contributed by atoms with E-state index < -0.39 is 22.0 Å². The van der Waals surface area contributed by atoms with Crippen molar-refractivity contribution in [3.05, 3.63) is 35.9 Å². The van der Waals surface area contributed by atoms with Crippen LogP contribution in [-0.2, 0) is 16.5 Å². The van der Waals surface area contributed by atoms with Gasteiger partial charge in [-0.3, -0.25) is 4.55 Å². The van der Waals surface area contributed by atoms with Crippen molar-refractivity contribution in [3.8, 4) is 11.5 Å². The number of fused-ring (bicyclic) bond motifs is 1. The van der Waals surface area contributed by atoms with Crippen molar-refractivity contribution >= 4 is 10.1 Å². The maximum Gasteiger partial charge on any atom is 0.268 e. The number of benzene rings is 1. The van der Waals surface area contributed by atoms with Gasteiger partial charge in [-0.2, -0.15) is 8.42 Å². The lowest BCUT2D eigenvalue weighted by Gasteiger charge is -2.34. The third-order valence-electron chi connectivity index (χ3n) is 5.52. The summed E-state index contributed by atoms with van der Waals surface area (Å²) in [6, 6.07) is 5.64. The van der Waals surface area contributed by atoms with E-state index in [0.717, 1.165) is 37.0 Å². The van der Waals surface area contributed by atoms with Gasteiger partial charge < -0.3 is 9.47 Å². The number of unbranched alkanes of at least 4 members (excludes halogenated alkanes) is 5. The predicted molar refractivity (Wildman–Crippen MR) is 122 cm³/mol. The van der Waals surface area contributed by atoms with Crippen LogP contribution in [-0.4, -0.2) is 30.4 Å². The smallest absolute Gasteiger partial charge is 0.268 e. The Kier molecular flexibility index (Phi) is 9.69. The second-order valence-electron chi connectivity index (χ2n) is 8.57. The molecule has 2 atom stereocenters. The fraction of sp³-hybridized carbons (Fsp3) is 0.667. The summed E-state index contributed by atoms with van der Waals surface area (Å²) in [6.07, 6.45) is 14.5. The second-order valence-corrected chi connectivity index (χ2v) is 10.1. The van der Waals surface area contributed by atoms with E-state index in [4.69, 9.17) is 14.0 Å². The molecule has 0 fully saturated rings. The van der Waals surface area contributed by atoms with Crippen molar-refractivity contribution < 1.29 is 22.4 Å².